The van der Waals surface area contributed by atoms with E-state index < -0.39 is 0 Å². The molecule has 108 valence electrons. The van der Waals surface area contributed by atoms with Crippen LogP contribution in [0.5, 0.6) is 5.75 Å². The summed E-state index contributed by atoms with van der Waals surface area (Å²) >= 11 is 5.95. The highest BCUT2D eigenvalue weighted by molar-refractivity contribution is 6.31. The number of hydrogen-bond acceptors (Lipinski definition) is 4. The molecule has 0 aromatic heterocycles. The predicted molar refractivity (Wildman–Crippen MR) is 75.2 cm³/mol. The van der Waals surface area contributed by atoms with Crippen molar-refractivity contribution in [3.63, 3.8) is 0 Å². The number of hydrogen-bond donors (Lipinski definition) is 0. The first-order valence-electron chi connectivity index (χ1n) is 6.50. The fraction of sp³-hybridized carbons (Fsp3) is 0.429. The number of nitrogens with zero attached hydrogens (tertiary/aromatic N) is 1. The molecule has 0 fully saturated rings. The number of rotatable bonds is 5. The largest absolute Gasteiger partial charge is 0.482 e. The summed E-state index contributed by atoms with van der Waals surface area (Å²) in [5.74, 6) is 0.244. The van der Waals surface area contributed by atoms with Crippen molar-refractivity contribution in [2.45, 2.75) is 19.8 Å². The average Bonchev–Trinajstić information content (AvgIpc) is 2.41. The molecule has 0 spiro atoms. The Morgan fingerprint density at radius 3 is 3.05 bits per heavy atom. The smallest absolute Gasteiger partial charge is 0.305 e. The van der Waals surface area contributed by atoms with Crippen LogP contribution in [0, 0.1) is 0 Å². The number of esters is 1. The van der Waals surface area contributed by atoms with E-state index in [-0.39, 0.29) is 24.9 Å². The zero-order valence-electron chi connectivity index (χ0n) is 11.2. The molecule has 1 aliphatic rings. The average molecular weight is 298 g/mol. The summed E-state index contributed by atoms with van der Waals surface area (Å²) in [5.41, 5.74) is 0.651. The quantitative estimate of drug-likeness (QED) is 0.783. The van der Waals surface area contributed by atoms with Crippen LogP contribution in [0.1, 0.15) is 19.8 Å². The lowest BCUT2D eigenvalue weighted by atomic mass is 10.2. The van der Waals surface area contributed by atoms with Crippen LogP contribution in [-0.4, -0.2) is 31.6 Å². The Morgan fingerprint density at radius 2 is 2.30 bits per heavy atom. The zero-order chi connectivity index (χ0) is 14.5. The van der Waals surface area contributed by atoms with Crippen molar-refractivity contribution in [3.8, 4) is 5.75 Å². The Labute approximate surface area is 122 Å². The third-order valence-electron chi connectivity index (χ3n) is 2.93. The first-order valence-corrected chi connectivity index (χ1v) is 6.88. The Balaban J connectivity index is 2.02. The highest BCUT2D eigenvalue weighted by atomic mass is 35.5. The fourth-order valence-electron chi connectivity index (χ4n) is 2.04. The van der Waals surface area contributed by atoms with Gasteiger partial charge in [0.2, 0.25) is 0 Å². The molecule has 1 aromatic rings. The van der Waals surface area contributed by atoms with Crippen molar-refractivity contribution >= 4 is 29.2 Å². The van der Waals surface area contributed by atoms with E-state index in [0.717, 1.165) is 0 Å². The van der Waals surface area contributed by atoms with Crippen molar-refractivity contribution in [1.29, 1.82) is 0 Å². The summed E-state index contributed by atoms with van der Waals surface area (Å²) in [7, 11) is 0. The van der Waals surface area contributed by atoms with Crippen LogP contribution < -0.4 is 9.64 Å². The van der Waals surface area contributed by atoms with Crippen LogP contribution in [0.2, 0.25) is 5.02 Å². The molecule has 0 atom stereocenters. The lowest BCUT2D eigenvalue weighted by Crippen LogP contribution is -2.39. The molecule has 6 heteroatoms. The molecule has 1 amide bonds. The molecular weight excluding hydrogens is 282 g/mol. The Hall–Kier alpha value is -1.75. The molecule has 0 radical (unpaired) electrons. The van der Waals surface area contributed by atoms with Gasteiger partial charge in [0.1, 0.15) is 5.75 Å². The van der Waals surface area contributed by atoms with Gasteiger partial charge < -0.3 is 14.4 Å². The van der Waals surface area contributed by atoms with E-state index >= 15 is 0 Å². The molecule has 5 nitrogen and oxygen atoms in total. The van der Waals surface area contributed by atoms with Gasteiger partial charge in [0.15, 0.2) is 6.61 Å². The van der Waals surface area contributed by atoms with E-state index in [1.165, 1.54) is 0 Å². The second-order valence-corrected chi connectivity index (χ2v) is 4.79. The van der Waals surface area contributed by atoms with Crippen LogP contribution >= 0.6 is 11.6 Å². The molecule has 0 bridgehead atoms. The maximum Gasteiger partial charge on any atom is 0.305 e. The van der Waals surface area contributed by atoms with Gasteiger partial charge in [-0.3, -0.25) is 9.59 Å². The maximum absolute atomic E-state index is 11.9. The van der Waals surface area contributed by atoms with Crippen LogP contribution in [-0.2, 0) is 14.3 Å². The molecule has 1 aromatic carbocycles. The summed E-state index contributed by atoms with van der Waals surface area (Å²) < 4.78 is 10.2. The monoisotopic (exact) mass is 297 g/mol. The molecule has 0 N–H and O–H groups in total. The molecule has 0 unspecified atom stereocenters. The summed E-state index contributed by atoms with van der Waals surface area (Å²) in [6.07, 6.45) is 0.824. The SMILES string of the molecule is CCOC(=O)CCCN1C(=O)COc2ccc(Cl)cc21. The Kier molecular flexibility index (Phi) is 4.84. The number of benzene rings is 1. The highest BCUT2D eigenvalue weighted by Crippen LogP contribution is 2.34. The Bertz CT molecular complexity index is 518. The van der Waals surface area contributed by atoms with E-state index in [2.05, 4.69) is 0 Å². The van der Waals surface area contributed by atoms with Gasteiger partial charge in [-0.15, -0.1) is 0 Å². The molecule has 0 aliphatic carbocycles. The lowest BCUT2D eigenvalue weighted by Gasteiger charge is -2.29. The predicted octanol–water partition coefficient (Wildman–Crippen LogP) is 2.41. The fourth-order valence-corrected chi connectivity index (χ4v) is 2.20. The number of anilines is 1. The van der Waals surface area contributed by atoms with E-state index in [0.29, 0.717) is 36.0 Å². The number of fused-ring (bicyclic) bond motifs is 1. The highest BCUT2D eigenvalue weighted by Gasteiger charge is 2.25. The number of halogens is 1. The van der Waals surface area contributed by atoms with Gasteiger partial charge in [-0.25, -0.2) is 0 Å². The minimum absolute atomic E-state index is 0.00798. The topological polar surface area (TPSA) is 55.8 Å². The van der Waals surface area contributed by atoms with Gasteiger partial charge >= 0.3 is 5.97 Å². The normalized spacial score (nSPS) is 13.7. The van der Waals surface area contributed by atoms with Gasteiger partial charge in [0.25, 0.3) is 5.91 Å². The van der Waals surface area contributed by atoms with Crippen molar-refractivity contribution < 1.29 is 19.1 Å². The molecule has 0 saturated carbocycles. The third kappa shape index (κ3) is 3.42. The van der Waals surface area contributed by atoms with Crippen molar-refractivity contribution in [2.24, 2.45) is 0 Å². The summed E-state index contributed by atoms with van der Waals surface area (Å²) in [4.78, 5) is 24.8. The number of amides is 1. The second kappa shape index (κ2) is 6.61. The van der Waals surface area contributed by atoms with Gasteiger partial charge in [-0.1, -0.05) is 11.6 Å². The van der Waals surface area contributed by atoms with Gasteiger partial charge in [0, 0.05) is 18.0 Å². The summed E-state index contributed by atoms with van der Waals surface area (Å²) in [6, 6.07) is 5.15. The second-order valence-electron chi connectivity index (χ2n) is 4.35. The lowest BCUT2D eigenvalue weighted by molar-refractivity contribution is -0.143. The van der Waals surface area contributed by atoms with Gasteiger partial charge in [-0.2, -0.15) is 0 Å². The summed E-state index contributed by atoms with van der Waals surface area (Å²) in [5, 5.41) is 0.539. The van der Waals surface area contributed by atoms with Crippen molar-refractivity contribution in [1.82, 2.24) is 0 Å². The molecule has 1 heterocycles. The van der Waals surface area contributed by atoms with Crippen molar-refractivity contribution in [3.05, 3.63) is 23.2 Å². The number of ether oxygens (including phenoxy) is 2. The van der Waals surface area contributed by atoms with Crippen LogP contribution in [0.3, 0.4) is 0 Å². The van der Waals surface area contributed by atoms with Crippen LogP contribution in [0.15, 0.2) is 18.2 Å². The third-order valence-corrected chi connectivity index (χ3v) is 3.17. The van der Waals surface area contributed by atoms with E-state index in [9.17, 15) is 9.59 Å². The minimum atomic E-state index is -0.250. The summed E-state index contributed by atoms with van der Waals surface area (Å²) in [6.45, 7) is 2.58. The number of carbonyl (C=O) groups excluding carboxylic acids is 2. The zero-order valence-corrected chi connectivity index (χ0v) is 12.0. The van der Waals surface area contributed by atoms with Crippen molar-refractivity contribution in [2.75, 3.05) is 24.7 Å². The molecule has 1 aliphatic heterocycles. The van der Waals surface area contributed by atoms with E-state index in [1.807, 2.05) is 0 Å². The van der Waals surface area contributed by atoms with E-state index in [1.54, 1.807) is 30.0 Å². The first kappa shape index (κ1) is 14.7. The standard InChI is InChI=1S/C14H16ClNO4/c1-2-19-14(18)4-3-7-16-11-8-10(15)5-6-12(11)20-9-13(16)17/h5-6,8H,2-4,7,9H2,1H3. The maximum atomic E-state index is 11.9. The minimum Gasteiger partial charge on any atom is -0.482 e. The van der Waals surface area contributed by atoms with Crippen LogP contribution in [0.4, 0.5) is 5.69 Å². The van der Waals surface area contributed by atoms with Crippen LogP contribution in [0.25, 0.3) is 0 Å². The molecule has 20 heavy (non-hydrogen) atoms. The van der Waals surface area contributed by atoms with Gasteiger partial charge in [0.05, 0.1) is 12.3 Å². The van der Waals surface area contributed by atoms with E-state index in [4.69, 9.17) is 21.1 Å². The number of carbonyl (C=O) groups is 2. The molecule has 0 saturated heterocycles. The Morgan fingerprint density at radius 1 is 1.50 bits per heavy atom. The molecule has 2 rings (SSSR count). The first-order chi connectivity index (χ1) is 9.61. The van der Waals surface area contributed by atoms with Gasteiger partial charge in [-0.05, 0) is 31.5 Å². The molecular formula is C14H16ClNO4.